The molecule has 4 N–H and O–H groups in total. The Morgan fingerprint density at radius 1 is 1.29 bits per heavy atom. The normalized spacial score (nSPS) is 11.8. The predicted molar refractivity (Wildman–Crippen MR) is 79.6 cm³/mol. The Morgan fingerprint density at radius 3 is 2.24 bits per heavy atom. The highest BCUT2D eigenvalue weighted by molar-refractivity contribution is 5.96. The molecular weight excluding hydrogens is 270 g/mol. The number of benzene rings is 1. The fraction of sp³-hybridized carbons (Fsp3) is 0.400. The molecule has 0 aromatic heterocycles. The summed E-state index contributed by atoms with van der Waals surface area (Å²) < 4.78 is 0. The first-order chi connectivity index (χ1) is 9.86. The van der Waals surface area contributed by atoms with Crippen molar-refractivity contribution < 1.29 is 14.8 Å². The van der Waals surface area contributed by atoms with Gasteiger partial charge in [-0.25, -0.2) is 5.06 Å². The van der Waals surface area contributed by atoms with Crippen LogP contribution in [0.5, 0.6) is 0 Å². The Bertz CT molecular complexity index is 525. The molecule has 1 rings (SSSR count). The number of carbonyl (C=O) groups is 2. The predicted octanol–water partition coefficient (Wildman–Crippen LogP) is 2.07. The fourth-order valence-electron chi connectivity index (χ4n) is 2.03. The maximum absolute atomic E-state index is 12.0. The third-order valence-electron chi connectivity index (χ3n) is 3.45. The summed E-state index contributed by atoms with van der Waals surface area (Å²) in [4.78, 5) is 23.0. The summed E-state index contributed by atoms with van der Waals surface area (Å²) in [6.45, 7) is 3.85. The van der Waals surface area contributed by atoms with Gasteiger partial charge >= 0.3 is 0 Å². The van der Waals surface area contributed by atoms with E-state index in [1.54, 1.807) is 6.92 Å². The van der Waals surface area contributed by atoms with Crippen LogP contribution in [0.3, 0.4) is 0 Å². The molecule has 6 nitrogen and oxygen atoms in total. The Balaban J connectivity index is 2.65. The average Bonchev–Trinajstić information content (AvgIpc) is 2.46. The molecule has 1 aromatic carbocycles. The molecule has 21 heavy (non-hydrogen) atoms. The van der Waals surface area contributed by atoms with Crippen LogP contribution in [-0.4, -0.2) is 34.3 Å². The number of nitrogens with two attached hydrogens (primary N) is 1. The zero-order chi connectivity index (χ0) is 16.0. The van der Waals surface area contributed by atoms with E-state index in [4.69, 9.17) is 11.1 Å². The second-order valence-electron chi connectivity index (χ2n) is 4.95. The summed E-state index contributed by atoms with van der Waals surface area (Å²) in [6, 6.07) is 5.79. The van der Waals surface area contributed by atoms with Gasteiger partial charge in [-0.05, 0) is 49.9 Å². The van der Waals surface area contributed by atoms with Crippen LogP contribution in [0.2, 0.25) is 0 Å². The van der Waals surface area contributed by atoms with Crippen molar-refractivity contribution in [3.8, 4) is 0 Å². The van der Waals surface area contributed by atoms with E-state index in [0.29, 0.717) is 22.8 Å². The molecule has 0 saturated carbocycles. The second-order valence-corrected chi connectivity index (χ2v) is 4.95. The van der Waals surface area contributed by atoms with Crippen molar-refractivity contribution in [3.63, 3.8) is 0 Å². The van der Waals surface area contributed by atoms with Gasteiger partial charge in [0.2, 0.25) is 5.91 Å². The topological polar surface area (TPSA) is 107 Å². The Morgan fingerprint density at radius 2 is 1.81 bits per heavy atom. The van der Waals surface area contributed by atoms with Gasteiger partial charge in [0.1, 0.15) is 0 Å². The fourth-order valence-corrected chi connectivity index (χ4v) is 2.03. The van der Waals surface area contributed by atoms with E-state index < -0.39 is 11.8 Å². The first-order valence-corrected chi connectivity index (χ1v) is 6.82. The Hall–Kier alpha value is -2.21. The van der Waals surface area contributed by atoms with Crippen molar-refractivity contribution in [2.45, 2.75) is 26.7 Å². The van der Waals surface area contributed by atoms with Crippen LogP contribution >= 0.6 is 0 Å². The summed E-state index contributed by atoms with van der Waals surface area (Å²) in [6.07, 6.45) is 1.33. The minimum absolute atomic E-state index is 0.0599. The molecule has 0 fully saturated rings. The number of nitrogens with zero attached hydrogens (tertiary/aromatic N) is 1. The number of hydroxylamine groups is 2. The van der Waals surface area contributed by atoms with Crippen LogP contribution in [0, 0.1) is 11.3 Å². The molecule has 6 heteroatoms. The van der Waals surface area contributed by atoms with Gasteiger partial charge < -0.3 is 11.1 Å². The SMILES string of the molecule is CCC(CCN(O)C(=O)c1ccc(C(N)=O)cc1)C(C)=N. The van der Waals surface area contributed by atoms with E-state index in [2.05, 4.69) is 0 Å². The second kappa shape index (κ2) is 7.54. The van der Waals surface area contributed by atoms with Crippen LogP contribution in [0.15, 0.2) is 24.3 Å². The van der Waals surface area contributed by atoms with Gasteiger partial charge in [0.25, 0.3) is 5.91 Å². The molecule has 1 atom stereocenters. The van der Waals surface area contributed by atoms with Crippen LogP contribution < -0.4 is 5.73 Å². The van der Waals surface area contributed by atoms with E-state index in [0.717, 1.165) is 6.42 Å². The molecule has 0 aliphatic rings. The molecular formula is C15H21N3O3. The third-order valence-corrected chi connectivity index (χ3v) is 3.45. The lowest BCUT2D eigenvalue weighted by atomic mass is 9.97. The molecule has 0 aliphatic heterocycles. The highest BCUT2D eigenvalue weighted by Crippen LogP contribution is 2.12. The van der Waals surface area contributed by atoms with Crippen LogP contribution in [0.25, 0.3) is 0 Å². The lowest BCUT2D eigenvalue weighted by Crippen LogP contribution is -2.30. The zero-order valence-corrected chi connectivity index (χ0v) is 12.3. The third kappa shape index (κ3) is 4.68. The number of nitrogens with one attached hydrogen (secondary N) is 1. The van der Waals surface area contributed by atoms with Crippen molar-refractivity contribution in [2.75, 3.05) is 6.54 Å². The minimum Gasteiger partial charge on any atom is -0.366 e. The first kappa shape index (κ1) is 16.8. The Kier molecular flexibility index (Phi) is 6.05. The minimum atomic E-state index is -0.568. The first-order valence-electron chi connectivity index (χ1n) is 6.82. The molecule has 0 saturated heterocycles. The van der Waals surface area contributed by atoms with E-state index >= 15 is 0 Å². The quantitative estimate of drug-likeness (QED) is 0.406. The number of hydrogen-bond donors (Lipinski definition) is 3. The van der Waals surface area contributed by atoms with E-state index in [9.17, 15) is 14.8 Å². The highest BCUT2D eigenvalue weighted by Gasteiger charge is 2.16. The molecule has 0 radical (unpaired) electrons. The smallest absolute Gasteiger partial charge is 0.277 e. The summed E-state index contributed by atoms with van der Waals surface area (Å²) >= 11 is 0. The molecule has 0 spiro atoms. The molecule has 2 amide bonds. The van der Waals surface area contributed by atoms with Gasteiger partial charge in [0.05, 0.1) is 0 Å². The number of carbonyl (C=O) groups excluding carboxylic acids is 2. The molecule has 0 bridgehead atoms. The number of amides is 2. The summed E-state index contributed by atoms with van der Waals surface area (Å²) in [5, 5.41) is 18.0. The van der Waals surface area contributed by atoms with Crippen molar-refractivity contribution in [1.82, 2.24) is 5.06 Å². The maximum Gasteiger partial charge on any atom is 0.277 e. The highest BCUT2D eigenvalue weighted by atomic mass is 16.5. The van der Waals surface area contributed by atoms with Crippen molar-refractivity contribution >= 4 is 17.5 Å². The maximum atomic E-state index is 12.0. The lowest BCUT2D eigenvalue weighted by molar-refractivity contribution is -0.0598. The van der Waals surface area contributed by atoms with E-state index in [1.807, 2.05) is 6.92 Å². The molecule has 1 unspecified atom stereocenters. The van der Waals surface area contributed by atoms with Gasteiger partial charge in [0.15, 0.2) is 0 Å². The molecule has 114 valence electrons. The number of primary amides is 1. The van der Waals surface area contributed by atoms with Crippen molar-refractivity contribution in [2.24, 2.45) is 11.7 Å². The monoisotopic (exact) mass is 291 g/mol. The average molecular weight is 291 g/mol. The molecule has 0 aliphatic carbocycles. The van der Waals surface area contributed by atoms with E-state index in [1.165, 1.54) is 24.3 Å². The lowest BCUT2D eigenvalue weighted by Gasteiger charge is -2.19. The Labute approximate surface area is 124 Å². The van der Waals surface area contributed by atoms with Gasteiger partial charge in [-0.1, -0.05) is 6.92 Å². The van der Waals surface area contributed by atoms with E-state index in [-0.39, 0.29) is 18.0 Å². The van der Waals surface area contributed by atoms with Crippen LogP contribution in [0.1, 0.15) is 47.4 Å². The standard InChI is InChI=1S/C15H21N3O3/c1-3-11(10(2)16)8-9-18(21)15(20)13-6-4-12(5-7-13)14(17)19/h4-7,11,16,21H,3,8-9H2,1-2H3,(H2,17,19). The molecule has 1 aromatic rings. The number of rotatable bonds is 7. The van der Waals surface area contributed by atoms with Crippen molar-refractivity contribution in [1.29, 1.82) is 5.41 Å². The van der Waals surface area contributed by atoms with Gasteiger partial charge in [-0.2, -0.15) is 0 Å². The zero-order valence-electron chi connectivity index (χ0n) is 12.3. The van der Waals surface area contributed by atoms with Crippen LogP contribution in [0.4, 0.5) is 0 Å². The molecule has 0 heterocycles. The van der Waals surface area contributed by atoms with Crippen LogP contribution in [-0.2, 0) is 0 Å². The van der Waals surface area contributed by atoms with Crippen molar-refractivity contribution in [3.05, 3.63) is 35.4 Å². The van der Waals surface area contributed by atoms with Gasteiger partial charge in [-0.3, -0.25) is 14.8 Å². The largest absolute Gasteiger partial charge is 0.366 e. The number of hydrogen-bond acceptors (Lipinski definition) is 4. The summed E-state index contributed by atoms with van der Waals surface area (Å²) in [5.74, 6) is -1.05. The van der Waals surface area contributed by atoms with Gasteiger partial charge in [-0.15, -0.1) is 0 Å². The van der Waals surface area contributed by atoms with Gasteiger partial charge in [0, 0.05) is 23.4 Å². The summed E-state index contributed by atoms with van der Waals surface area (Å²) in [5.41, 5.74) is 6.25. The summed E-state index contributed by atoms with van der Waals surface area (Å²) in [7, 11) is 0.